The Morgan fingerprint density at radius 3 is 1.13 bits per heavy atom. The highest BCUT2D eigenvalue weighted by molar-refractivity contribution is 6.05. The zero-order valence-corrected chi connectivity index (χ0v) is 22.7. The number of carbonyl (C=O) groups excluding carboxylic acids is 2. The average Bonchev–Trinajstić information content (AvgIpc) is 2.88. The minimum absolute atomic E-state index is 0.239. The molecule has 0 bridgehead atoms. The highest BCUT2D eigenvalue weighted by Gasteiger charge is 2.14. The Hall–Kier alpha value is -4.40. The molecule has 4 rings (SSSR count). The second-order valence-corrected chi connectivity index (χ2v) is 10.9. The van der Waals surface area contributed by atoms with Gasteiger partial charge in [0.25, 0.3) is 11.8 Å². The Morgan fingerprint density at radius 2 is 0.868 bits per heavy atom. The third kappa shape index (κ3) is 6.47. The number of benzene rings is 2. The van der Waals surface area contributed by atoms with E-state index in [2.05, 4.69) is 62.9 Å². The molecule has 0 unspecified atom stereocenters. The monoisotopic (exact) mass is 510 g/mol. The fraction of sp³-hybridized carbons (Fsp3) is 0.200. The van der Waals surface area contributed by atoms with Gasteiger partial charge in [0.2, 0.25) is 0 Å². The van der Waals surface area contributed by atoms with Gasteiger partial charge in [-0.2, -0.15) is 0 Å². The summed E-state index contributed by atoms with van der Waals surface area (Å²) in [5.41, 5.74) is 5.81. The predicted molar refractivity (Wildman–Crippen MR) is 155 cm³/mol. The van der Waals surface area contributed by atoms with Crippen molar-refractivity contribution in [2.75, 3.05) is 52.9 Å². The van der Waals surface area contributed by atoms with Crippen LogP contribution in [0.5, 0.6) is 0 Å². The van der Waals surface area contributed by atoms with Gasteiger partial charge in [0.05, 0.1) is 64.8 Å². The summed E-state index contributed by atoms with van der Waals surface area (Å²) in [6.07, 6.45) is 3.04. The van der Waals surface area contributed by atoms with Gasteiger partial charge in [0, 0.05) is 48.0 Å². The second kappa shape index (κ2) is 10.5. The van der Waals surface area contributed by atoms with Gasteiger partial charge in [-0.15, -0.1) is 0 Å². The maximum absolute atomic E-state index is 12.7. The number of hydrogen-bond donors (Lipinski definition) is 2. The lowest BCUT2D eigenvalue weighted by Gasteiger charge is -2.23. The molecule has 38 heavy (non-hydrogen) atoms. The number of rotatable bonds is 7. The SMILES string of the molecule is C[N+](C)(C)c1ccc(NC(=O)c2ccc(-c3ccc(C(=O)Nc4ccc([N+](C)(C)C)cc4)cn3)nc2)cc1. The molecule has 4 aromatic rings. The summed E-state index contributed by atoms with van der Waals surface area (Å²) in [5, 5.41) is 5.80. The molecule has 8 heteroatoms. The van der Waals surface area contributed by atoms with Crippen molar-refractivity contribution in [2.24, 2.45) is 0 Å². The molecule has 2 aromatic heterocycles. The first kappa shape index (κ1) is 26.7. The normalized spacial score (nSPS) is 11.6. The van der Waals surface area contributed by atoms with Gasteiger partial charge < -0.3 is 10.6 Å². The molecule has 2 heterocycles. The van der Waals surface area contributed by atoms with E-state index in [1.807, 2.05) is 48.5 Å². The van der Waals surface area contributed by atoms with Gasteiger partial charge in [-0.25, -0.2) is 0 Å². The summed E-state index contributed by atoms with van der Waals surface area (Å²) in [6, 6.07) is 22.4. The van der Waals surface area contributed by atoms with Crippen LogP contribution in [0.25, 0.3) is 11.4 Å². The molecule has 194 valence electrons. The van der Waals surface area contributed by atoms with E-state index in [9.17, 15) is 9.59 Å². The van der Waals surface area contributed by atoms with E-state index < -0.39 is 0 Å². The molecule has 0 saturated carbocycles. The summed E-state index contributed by atoms with van der Waals surface area (Å²) in [5.74, 6) is -0.479. The number of anilines is 2. The van der Waals surface area contributed by atoms with Crippen LogP contribution in [0.1, 0.15) is 20.7 Å². The molecule has 0 aliphatic heterocycles. The standard InChI is InChI=1S/C30H32N6O2/c1-35(2,3)25-13-9-23(10-14-25)33-29(37)21-7-17-27(31-19-21)28-18-8-22(20-32-28)30(38)34-24-11-15-26(16-12-24)36(4,5)6/h7-20H,1-6H3/p+2. The van der Waals surface area contributed by atoms with Crippen molar-refractivity contribution in [1.29, 1.82) is 0 Å². The van der Waals surface area contributed by atoms with Crippen molar-refractivity contribution in [3.8, 4) is 11.4 Å². The molecule has 0 radical (unpaired) electrons. The summed E-state index contributed by atoms with van der Waals surface area (Å²) in [7, 11) is 12.5. The van der Waals surface area contributed by atoms with E-state index in [1.54, 1.807) is 24.3 Å². The van der Waals surface area contributed by atoms with Gasteiger partial charge in [-0.05, 0) is 48.5 Å². The van der Waals surface area contributed by atoms with E-state index in [4.69, 9.17) is 0 Å². The fourth-order valence-corrected chi connectivity index (χ4v) is 3.75. The van der Waals surface area contributed by atoms with Crippen LogP contribution in [0.3, 0.4) is 0 Å². The van der Waals surface area contributed by atoms with Crippen LogP contribution in [0.4, 0.5) is 22.7 Å². The average molecular weight is 511 g/mol. The molecular formula is C30H34N6O2+2. The summed E-state index contributed by atoms with van der Waals surface area (Å²) in [4.78, 5) is 34.1. The van der Waals surface area contributed by atoms with E-state index >= 15 is 0 Å². The Labute approximate surface area is 223 Å². The third-order valence-corrected chi connectivity index (χ3v) is 6.11. The Kier molecular flexibility index (Phi) is 7.39. The van der Waals surface area contributed by atoms with Gasteiger partial charge in [-0.1, -0.05) is 0 Å². The van der Waals surface area contributed by atoms with Crippen LogP contribution in [0, 0.1) is 0 Å². The van der Waals surface area contributed by atoms with Crippen molar-refractivity contribution >= 4 is 34.6 Å². The molecular weight excluding hydrogens is 476 g/mol. The number of carbonyl (C=O) groups is 2. The van der Waals surface area contributed by atoms with Crippen LogP contribution in [0.2, 0.25) is 0 Å². The minimum Gasteiger partial charge on any atom is -0.322 e. The molecule has 2 N–H and O–H groups in total. The number of pyridine rings is 2. The van der Waals surface area contributed by atoms with Gasteiger partial charge in [-0.3, -0.25) is 28.5 Å². The maximum Gasteiger partial charge on any atom is 0.257 e. The highest BCUT2D eigenvalue weighted by atomic mass is 16.2. The zero-order chi connectivity index (χ0) is 27.5. The van der Waals surface area contributed by atoms with Gasteiger partial charge in [0.1, 0.15) is 11.4 Å². The number of nitrogens with one attached hydrogen (secondary N) is 2. The Morgan fingerprint density at radius 1 is 0.526 bits per heavy atom. The molecule has 0 aliphatic rings. The van der Waals surface area contributed by atoms with Crippen LogP contribution in [-0.4, -0.2) is 64.1 Å². The summed E-state index contributed by atoms with van der Waals surface area (Å²) < 4.78 is 1.40. The molecule has 0 atom stereocenters. The number of hydrogen-bond acceptors (Lipinski definition) is 4. The maximum atomic E-state index is 12.7. The molecule has 0 fully saturated rings. The Balaban J connectivity index is 1.38. The number of aromatic nitrogens is 2. The van der Waals surface area contributed by atoms with E-state index in [0.717, 1.165) is 22.7 Å². The van der Waals surface area contributed by atoms with Crippen LogP contribution < -0.4 is 19.6 Å². The fourth-order valence-electron chi connectivity index (χ4n) is 3.75. The summed E-state index contributed by atoms with van der Waals surface area (Å²) in [6.45, 7) is 0. The van der Waals surface area contributed by atoms with Crippen molar-refractivity contribution in [3.05, 3.63) is 96.3 Å². The predicted octanol–water partition coefficient (Wildman–Crippen LogP) is 5.04. The van der Waals surface area contributed by atoms with Gasteiger partial charge >= 0.3 is 0 Å². The van der Waals surface area contributed by atoms with Gasteiger partial charge in [0.15, 0.2) is 0 Å². The molecule has 8 nitrogen and oxygen atoms in total. The Bertz CT molecular complexity index is 1300. The van der Waals surface area contributed by atoms with Crippen LogP contribution in [-0.2, 0) is 0 Å². The summed E-state index contributed by atoms with van der Waals surface area (Å²) >= 11 is 0. The van der Waals surface area contributed by atoms with E-state index in [0.29, 0.717) is 31.5 Å². The number of nitrogens with zero attached hydrogens (tertiary/aromatic N) is 4. The second-order valence-electron chi connectivity index (χ2n) is 10.9. The lowest BCUT2D eigenvalue weighted by molar-refractivity contribution is 0.101. The van der Waals surface area contributed by atoms with Crippen molar-refractivity contribution in [1.82, 2.24) is 18.9 Å². The lowest BCUT2D eigenvalue weighted by Crippen LogP contribution is -2.34. The van der Waals surface area contributed by atoms with Crippen molar-refractivity contribution < 1.29 is 9.59 Å². The third-order valence-electron chi connectivity index (χ3n) is 6.11. The molecule has 0 aliphatic carbocycles. The molecule has 0 spiro atoms. The van der Waals surface area contributed by atoms with E-state index in [1.165, 1.54) is 12.4 Å². The zero-order valence-electron chi connectivity index (χ0n) is 22.7. The largest absolute Gasteiger partial charge is 0.322 e. The van der Waals surface area contributed by atoms with Crippen LogP contribution >= 0.6 is 0 Å². The smallest absolute Gasteiger partial charge is 0.257 e. The van der Waals surface area contributed by atoms with Crippen molar-refractivity contribution in [3.63, 3.8) is 0 Å². The van der Waals surface area contributed by atoms with Crippen LogP contribution in [0.15, 0.2) is 85.2 Å². The lowest BCUT2D eigenvalue weighted by atomic mass is 10.1. The number of quaternary nitrogens is 2. The molecule has 2 amide bonds. The topological polar surface area (TPSA) is 84.0 Å². The highest BCUT2D eigenvalue weighted by Crippen LogP contribution is 2.22. The molecule has 2 aromatic carbocycles. The minimum atomic E-state index is -0.239. The number of amides is 2. The quantitative estimate of drug-likeness (QED) is 0.341. The first-order valence-electron chi connectivity index (χ1n) is 12.3. The van der Waals surface area contributed by atoms with E-state index in [-0.39, 0.29) is 11.8 Å². The first-order chi connectivity index (χ1) is 17.9. The molecule has 0 saturated heterocycles. The first-order valence-corrected chi connectivity index (χ1v) is 12.3. The van der Waals surface area contributed by atoms with Crippen molar-refractivity contribution in [2.45, 2.75) is 0 Å².